The summed E-state index contributed by atoms with van der Waals surface area (Å²) in [4.78, 5) is 0. The van der Waals surface area contributed by atoms with Crippen LogP contribution in [0.15, 0.2) is 54.6 Å². The van der Waals surface area contributed by atoms with Gasteiger partial charge >= 0.3 is 0 Å². The monoisotopic (exact) mass is 442 g/mol. The normalized spacial score (nSPS) is 15.5. The van der Waals surface area contributed by atoms with E-state index in [-0.39, 0.29) is 5.41 Å². The van der Waals surface area contributed by atoms with Crippen molar-refractivity contribution >= 4 is 0 Å². The molecule has 0 aliphatic rings. The molecule has 0 heteroatoms. The van der Waals surface area contributed by atoms with Crippen LogP contribution in [0.5, 0.6) is 0 Å². The lowest BCUT2D eigenvalue weighted by Gasteiger charge is -2.46. The minimum absolute atomic E-state index is 0.105. The Kier molecular flexibility index (Phi) is 17.7. The van der Waals surface area contributed by atoms with Crippen LogP contribution in [-0.2, 0) is 5.41 Å². The van der Waals surface area contributed by atoms with Crippen molar-refractivity contribution < 1.29 is 0 Å². The van der Waals surface area contributed by atoms with E-state index in [9.17, 15) is 0 Å². The average Bonchev–Trinajstić information content (AvgIpc) is 2.79. The smallest absolute Gasteiger partial charge is 0.0107 e. The molecule has 0 nitrogen and oxygen atoms in total. The van der Waals surface area contributed by atoms with Crippen molar-refractivity contribution in [2.45, 2.75) is 127 Å². The molecule has 0 heterocycles. The van der Waals surface area contributed by atoms with E-state index >= 15 is 0 Å². The number of hydrogen-bond acceptors (Lipinski definition) is 0. The fourth-order valence-electron chi connectivity index (χ4n) is 4.27. The molecule has 0 N–H and O–H groups in total. The largest absolute Gasteiger partial charge is 0.0846 e. The Hall–Kier alpha value is -1.30. The molecule has 1 rings (SSSR count). The van der Waals surface area contributed by atoms with Gasteiger partial charge in [-0.3, -0.25) is 0 Å². The predicted octanol–water partition coefficient (Wildman–Crippen LogP) is 11.2. The first-order valence-corrected chi connectivity index (χ1v) is 13.5. The van der Waals surface area contributed by atoms with Gasteiger partial charge < -0.3 is 0 Å². The van der Waals surface area contributed by atoms with E-state index in [1.165, 1.54) is 37.7 Å². The predicted molar refractivity (Wildman–Crippen MR) is 151 cm³/mol. The molecule has 0 saturated heterocycles. The van der Waals surface area contributed by atoms with Crippen LogP contribution in [0.25, 0.3) is 0 Å². The number of hydrogen-bond donors (Lipinski definition) is 0. The number of benzene rings is 1. The Morgan fingerprint density at radius 1 is 0.781 bits per heavy atom. The molecular weight excluding hydrogens is 384 g/mol. The quantitative estimate of drug-likeness (QED) is 0.236. The first-order valence-electron chi connectivity index (χ1n) is 13.5. The fraction of sp³-hybridized carbons (Fsp3) is 0.688. The SMILES string of the molecule is CC.CC.CCC/C=C\C=CC(C)(CCCCC(C)(C(C)C)C(C)(C)C)c1ccccc1. The van der Waals surface area contributed by atoms with Crippen molar-refractivity contribution in [1.29, 1.82) is 0 Å². The summed E-state index contributed by atoms with van der Waals surface area (Å²) in [7, 11) is 0. The third-order valence-corrected chi connectivity index (χ3v) is 7.23. The maximum atomic E-state index is 2.49. The molecule has 0 fully saturated rings. The summed E-state index contributed by atoms with van der Waals surface area (Å²) in [5.74, 6) is 0.705. The first-order chi connectivity index (χ1) is 15.1. The van der Waals surface area contributed by atoms with E-state index in [0.29, 0.717) is 16.7 Å². The second-order valence-electron chi connectivity index (χ2n) is 10.4. The summed E-state index contributed by atoms with van der Waals surface area (Å²) >= 11 is 0. The van der Waals surface area contributed by atoms with Gasteiger partial charge in [0.15, 0.2) is 0 Å². The molecule has 2 unspecified atom stereocenters. The minimum atomic E-state index is 0.105. The van der Waals surface area contributed by atoms with E-state index < -0.39 is 0 Å². The second kappa shape index (κ2) is 17.2. The number of rotatable bonds is 11. The van der Waals surface area contributed by atoms with Crippen LogP contribution in [0.3, 0.4) is 0 Å². The number of allylic oxidation sites excluding steroid dienone is 4. The van der Waals surface area contributed by atoms with Gasteiger partial charge in [0.25, 0.3) is 0 Å². The summed E-state index contributed by atoms with van der Waals surface area (Å²) in [5, 5.41) is 0. The maximum absolute atomic E-state index is 2.49. The van der Waals surface area contributed by atoms with E-state index in [1.54, 1.807) is 0 Å². The van der Waals surface area contributed by atoms with Gasteiger partial charge in [0.05, 0.1) is 0 Å². The van der Waals surface area contributed by atoms with Crippen LogP contribution in [0.4, 0.5) is 0 Å². The summed E-state index contributed by atoms with van der Waals surface area (Å²) in [6.07, 6.45) is 16.6. The Balaban J connectivity index is 0. The molecule has 32 heavy (non-hydrogen) atoms. The highest BCUT2D eigenvalue weighted by Gasteiger charge is 2.39. The van der Waals surface area contributed by atoms with Crippen molar-refractivity contribution in [2.75, 3.05) is 0 Å². The maximum Gasteiger partial charge on any atom is 0.0107 e. The topological polar surface area (TPSA) is 0 Å². The van der Waals surface area contributed by atoms with Gasteiger partial charge in [-0.1, -0.05) is 157 Å². The van der Waals surface area contributed by atoms with Crippen molar-refractivity contribution in [3.8, 4) is 0 Å². The molecule has 0 aromatic heterocycles. The van der Waals surface area contributed by atoms with Crippen LogP contribution in [-0.4, -0.2) is 0 Å². The van der Waals surface area contributed by atoms with E-state index in [1.807, 2.05) is 27.7 Å². The lowest BCUT2D eigenvalue weighted by Crippen LogP contribution is -2.37. The zero-order chi connectivity index (χ0) is 25.3. The van der Waals surface area contributed by atoms with E-state index in [0.717, 1.165) is 6.42 Å². The zero-order valence-corrected chi connectivity index (χ0v) is 24.0. The zero-order valence-electron chi connectivity index (χ0n) is 24.0. The summed E-state index contributed by atoms with van der Waals surface area (Å²) in [6.45, 7) is 27.1. The molecule has 186 valence electrons. The summed E-state index contributed by atoms with van der Waals surface area (Å²) < 4.78 is 0. The lowest BCUT2D eigenvalue weighted by molar-refractivity contribution is 0.0382. The van der Waals surface area contributed by atoms with Gasteiger partial charge in [-0.25, -0.2) is 0 Å². The minimum Gasteiger partial charge on any atom is -0.0846 e. The third kappa shape index (κ3) is 11.0. The standard InChI is InChI=1S/C28H46.2C2H6/c1-9-10-11-12-16-21-27(7,25-19-14-13-15-20-25)22-17-18-23-28(8,24(2)3)26(4,5)6;2*1-2/h11-16,19-21,24H,9-10,17-18,22-23H2,1-8H3;2*1-2H3/b12-11-,21-16?;;. The highest BCUT2D eigenvalue weighted by atomic mass is 14.4. The van der Waals surface area contributed by atoms with Gasteiger partial charge in [0, 0.05) is 5.41 Å². The molecular formula is C32H58. The second-order valence-corrected chi connectivity index (χ2v) is 10.4. The molecule has 2 atom stereocenters. The Bertz CT molecular complexity index is 599. The molecule has 0 radical (unpaired) electrons. The molecule has 0 bridgehead atoms. The van der Waals surface area contributed by atoms with E-state index in [2.05, 4.69) is 110 Å². The fourth-order valence-corrected chi connectivity index (χ4v) is 4.27. The molecule has 1 aromatic rings. The highest BCUT2D eigenvalue weighted by Crippen LogP contribution is 2.48. The highest BCUT2D eigenvalue weighted by molar-refractivity contribution is 5.30. The Morgan fingerprint density at radius 3 is 1.78 bits per heavy atom. The molecule has 1 aromatic carbocycles. The van der Waals surface area contributed by atoms with Gasteiger partial charge in [-0.15, -0.1) is 0 Å². The van der Waals surface area contributed by atoms with Crippen LogP contribution < -0.4 is 0 Å². The van der Waals surface area contributed by atoms with E-state index in [4.69, 9.17) is 0 Å². The molecule has 0 aliphatic carbocycles. The van der Waals surface area contributed by atoms with Crippen molar-refractivity contribution in [3.05, 3.63) is 60.2 Å². The summed E-state index contributed by atoms with van der Waals surface area (Å²) in [6, 6.07) is 11.0. The van der Waals surface area contributed by atoms with Crippen LogP contribution >= 0.6 is 0 Å². The Morgan fingerprint density at radius 2 is 1.31 bits per heavy atom. The number of unbranched alkanes of at least 4 members (excludes halogenated alkanes) is 2. The lowest BCUT2D eigenvalue weighted by atomic mass is 9.59. The van der Waals surface area contributed by atoms with Crippen molar-refractivity contribution in [2.24, 2.45) is 16.7 Å². The average molecular weight is 443 g/mol. The van der Waals surface area contributed by atoms with Gasteiger partial charge in [-0.2, -0.15) is 0 Å². The molecule has 0 spiro atoms. The van der Waals surface area contributed by atoms with Gasteiger partial charge in [-0.05, 0) is 41.6 Å². The first kappa shape index (κ1) is 32.9. The molecule has 0 amide bonds. The Labute approximate surface area is 204 Å². The molecule has 0 saturated carbocycles. The van der Waals surface area contributed by atoms with Gasteiger partial charge in [0.1, 0.15) is 0 Å². The molecule has 0 aliphatic heterocycles. The van der Waals surface area contributed by atoms with Crippen molar-refractivity contribution in [1.82, 2.24) is 0 Å². The van der Waals surface area contributed by atoms with Crippen molar-refractivity contribution in [3.63, 3.8) is 0 Å². The summed E-state index contributed by atoms with van der Waals surface area (Å²) in [5.41, 5.74) is 2.26. The van der Waals surface area contributed by atoms with Gasteiger partial charge in [0.2, 0.25) is 0 Å². The van der Waals surface area contributed by atoms with Crippen LogP contribution in [0, 0.1) is 16.7 Å². The van der Waals surface area contributed by atoms with Crippen LogP contribution in [0.1, 0.15) is 127 Å². The van der Waals surface area contributed by atoms with Crippen LogP contribution in [0.2, 0.25) is 0 Å². The third-order valence-electron chi connectivity index (χ3n) is 7.23.